The molecule has 1 N–H and O–H groups in total. The quantitative estimate of drug-likeness (QED) is 0.460. The lowest BCUT2D eigenvalue weighted by Gasteiger charge is -2.32. The van der Waals surface area contributed by atoms with E-state index in [4.69, 9.17) is 16.7 Å². The number of carboxylic acids is 1. The predicted molar refractivity (Wildman–Crippen MR) is 135 cm³/mol. The lowest BCUT2D eigenvalue weighted by Crippen LogP contribution is -2.53. The van der Waals surface area contributed by atoms with Crippen LogP contribution in [0.5, 0.6) is 0 Å². The Balaban J connectivity index is 1.60. The second-order valence-corrected chi connectivity index (χ2v) is 12.6. The highest BCUT2D eigenvalue weighted by atomic mass is 35.5. The van der Waals surface area contributed by atoms with Crippen LogP contribution in [0, 0.1) is 6.92 Å². The zero-order chi connectivity index (χ0) is 25.2. The summed E-state index contributed by atoms with van der Waals surface area (Å²) >= 11 is 7.34. The van der Waals surface area contributed by atoms with Gasteiger partial charge < -0.3 is 9.67 Å². The summed E-state index contributed by atoms with van der Waals surface area (Å²) in [6, 6.07) is 10.1. The van der Waals surface area contributed by atoms with Gasteiger partial charge in [-0.2, -0.15) is 0 Å². The Morgan fingerprint density at radius 3 is 2.51 bits per heavy atom. The van der Waals surface area contributed by atoms with Gasteiger partial charge >= 0.3 is 11.9 Å². The van der Waals surface area contributed by atoms with Crippen LogP contribution < -0.4 is 4.80 Å². The van der Waals surface area contributed by atoms with E-state index in [1.165, 1.54) is 22.0 Å². The Kier molecular flexibility index (Phi) is 7.46. The van der Waals surface area contributed by atoms with Crippen molar-refractivity contribution < 1.29 is 27.7 Å². The molecule has 35 heavy (non-hydrogen) atoms. The molecule has 0 bridgehead atoms. The summed E-state index contributed by atoms with van der Waals surface area (Å²) < 4.78 is 27.5. The van der Waals surface area contributed by atoms with Crippen LogP contribution in [-0.2, 0) is 26.0 Å². The van der Waals surface area contributed by atoms with E-state index in [9.17, 15) is 23.1 Å². The first kappa shape index (κ1) is 25.6. The SMILES string of the molecule is Cc1cn(CC(=O)O)/c(=N/[N+]2(C(=O)CCS(=O)(=O)c3ccc4cc(Cl)ccc4c3)CCCCC2)s1. The number of fused-ring (bicyclic) bond motifs is 1. The van der Waals surface area contributed by atoms with E-state index in [1.54, 1.807) is 36.5 Å². The molecule has 0 saturated carbocycles. The summed E-state index contributed by atoms with van der Waals surface area (Å²) in [5.74, 6) is -1.59. The molecule has 3 aromatic rings. The molecule has 0 radical (unpaired) electrons. The summed E-state index contributed by atoms with van der Waals surface area (Å²) in [5.41, 5.74) is 0. The summed E-state index contributed by atoms with van der Waals surface area (Å²) in [5, 5.41) is 16.2. The van der Waals surface area contributed by atoms with E-state index in [0.717, 1.165) is 34.9 Å². The molecule has 186 valence electrons. The van der Waals surface area contributed by atoms with Gasteiger partial charge in [0.15, 0.2) is 9.84 Å². The van der Waals surface area contributed by atoms with Crippen LogP contribution in [0.15, 0.2) is 52.6 Å². The summed E-state index contributed by atoms with van der Waals surface area (Å²) in [4.78, 5) is 26.2. The van der Waals surface area contributed by atoms with E-state index >= 15 is 0 Å². The van der Waals surface area contributed by atoms with Crippen LogP contribution in [0.25, 0.3) is 10.8 Å². The molecule has 8 nitrogen and oxygen atoms in total. The minimum absolute atomic E-state index is 0.162. The maximum atomic E-state index is 13.5. The minimum atomic E-state index is -3.70. The van der Waals surface area contributed by atoms with Crippen molar-refractivity contribution >= 4 is 55.4 Å². The third-order valence-corrected chi connectivity index (χ3v) is 9.03. The Hall–Kier alpha value is -2.53. The van der Waals surface area contributed by atoms with Crippen molar-refractivity contribution in [3.63, 3.8) is 0 Å². The van der Waals surface area contributed by atoms with E-state index in [-0.39, 0.29) is 34.1 Å². The van der Waals surface area contributed by atoms with Crippen molar-refractivity contribution in [2.75, 3.05) is 18.8 Å². The lowest BCUT2D eigenvalue weighted by atomic mass is 10.1. The van der Waals surface area contributed by atoms with Gasteiger partial charge in [-0.3, -0.25) is 4.79 Å². The molecule has 0 unspecified atom stereocenters. The zero-order valence-corrected chi connectivity index (χ0v) is 21.7. The monoisotopic (exact) mass is 536 g/mol. The number of sulfone groups is 1. The molecular formula is C24H27ClN3O5S2+. The molecule has 4 rings (SSSR count). The zero-order valence-electron chi connectivity index (χ0n) is 19.3. The van der Waals surface area contributed by atoms with Crippen molar-refractivity contribution in [3.8, 4) is 0 Å². The number of rotatable bonds is 7. The van der Waals surface area contributed by atoms with Gasteiger partial charge in [0.1, 0.15) is 19.6 Å². The number of thiazole rings is 1. The normalized spacial score (nSPS) is 16.5. The Morgan fingerprint density at radius 2 is 1.80 bits per heavy atom. The van der Waals surface area contributed by atoms with Crippen LogP contribution in [0.4, 0.5) is 0 Å². The van der Waals surface area contributed by atoms with Crippen LogP contribution in [0.1, 0.15) is 30.6 Å². The number of carboxylic acid groups (broad SMARTS) is 1. The van der Waals surface area contributed by atoms with Gasteiger partial charge in [-0.15, -0.1) is 4.59 Å². The number of aromatic nitrogens is 1. The van der Waals surface area contributed by atoms with Gasteiger partial charge in [0, 0.05) is 16.1 Å². The highest BCUT2D eigenvalue weighted by molar-refractivity contribution is 7.91. The van der Waals surface area contributed by atoms with Crippen molar-refractivity contribution in [1.29, 1.82) is 0 Å². The fourth-order valence-electron chi connectivity index (χ4n) is 4.38. The number of aryl methyl sites for hydroxylation is 1. The van der Waals surface area contributed by atoms with Crippen LogP contribution in [-0.4, -0.2) is 53.4 Å². The second kappa shape index (κ2) is 10.2. The maximum absolute atomic E-state index is 13.5. The van der Waals surface area contributed by atoms with Gasteiger partial charge in [0.05, 0.1) is 17.1 Å². The first-order valence-electron chi connectivity index (χ1n) is 11.4. The molecule has 0 aliphatic carbocycles. The maximum Gasteiger partial charge on any atom is 0.340 e. The van der Waals surface area contributed by atoms with Crippen LogP contribution >= 0.6 is 22.9 Å². The number of halogens is 1. The van der Waals surface area contributed by atoms with Crippen LogP contribution in [0.3, 0.4) is 0 Å². The molecular weight excluding hydrogens is 510 g/mol. The third kappa shape index (κ3) is 5.83. The molecule has 2 aromatic carbocycles. The number of aliphatic carboxylic acids is 1. The largest absolute Gasteiger partial charge is 0.480 e. The Labute approximate surface area is 212 Å². The number of nitrogens with zero attached hydrogens (tertiary/aromatic N) is 3. The van der Waals surface area contributed by atoms with Crippen molar-refractivity contribution in [1.82, 2.24) is 4.57 Å². The minimum Gasteiger partial charge on any atom is -0.480 e. The molecule has 1 aromatic heterocycles. The standard InChI is InChI=1S/C24H26ClN3O5S2/c1-17-15-27(16-23(30)31)24(34-17)26-28(10-3-2-4-11-28)22(29)9-12-35(32,33)21-8-6-18-13-20(25)7-5-19(18)14-21/h5-8,13-15H,2-4,9-12,16H2,1H3/p+1/b26-24-. The number of hydrogen-bond donors (Lipinski definition) is 1. The fourth-order valence-corrected chi connectivity index (χ4v) is 6.72. The summed E-state index contributed by atoms with van der Waals surface area (Å²) in [6.07, 6.45) is 4.09. The highest BCUT2D eigenvalue weighted by Crippen LogP contribution is 2.25. The molecule has 0 spiro atoms. The molecule has 1 saturated heterocycles. The summed E-state index contributed by atoms with van der Waals surface area (Å²) in [7, 11) is -3.70. The second-order valence-electron chi connectivity index (χ2n) is 8.79. The first-order valence-corrected chi connectivity index (χ1v) is 14.2. The number of carbonyl (C=O) groups excluding carboxylic acids is 1. The number of amides is 1. The molecule has 1 aliphatic heterocycles. The van der Waals surface area contributed by atoms with E-state index in [1.807, 2.05) is 6.92 Å². The molecule has 11 heteroatoms. The van der Waals surface area contributed by atoms with E-state index < -0.39 is 15.8 Å². The summed E-state index contributed by atoms with van der Waals surface area (Å²) in [6.45, 7) is 2.55. The van der Waals surface area contributed by atoms with Crippen molar-refractivity contribution in [2.45, 2.75) is 44.0 Å². The van der Waals surface area contributed by atoms with Gasteiger partial charge in [0.25, 0.3) is 0 Å². The van der Waals surface area contributed by atoms with Crippen molar-refractivity contribution in [2.24, 2.45) is 5.10 Å². The van der Waals surface area contributed by atoms with Gasteiger partial charge in [-0.1, -0.05) is 35.1 Å². The number of carbonyl (C=O) groups is 2. The third-order valence-electron chi connectivity index (χ3n) is 6.16. The van der Waals surface area contributed by atoms with E-state index in [2.05, 4.69) is 0 Å². The number of piperidine rings is 1. The van der Waals surface area contributed by atoms with Gasteiger partial charge in [-0.25, -0.2) is 13.2 Å². The Morgan fingerprint density at radius 1 is 1.11 bits per heavy atom. The molecule has 1 amide bonds. The Bertz CT molecular complexity index is 1450. The molecule has 1 aliphatic rings. The molecule has 0 atom stereocenters. The molecule has 2 heterocycles. The lowest BCUT2D eigenvalue weighted by molar-refractivity contribution is -0.869. The van der Waals surface area contributed by atoms with Crippen LogP contribution in [0.2, 0.25) is 5.02 Å². The topological polar surface area (TPSA) is 106 Å². The number of benzene rings is 2. The highest BCUT2D eigenvalue weighted by Gasteiger charge is 2.40. The number of likely N-dealkylation sites (tertiary alicyclic amines) is 1. The fraction of sp³-hybridized carbons (Fsp3) is 0.375. The van der Waals surface area contributed by atoms with E-state index in [0.29, 0.717) is 22.9 Å². The smallest absolute Gasteiger partial charge is 0.340 e. The number of hydrogen-bond acceptors (Lipinski definition) is 6. The predicted octanol–water partition coefficient (Wildman–Crippen LogP) is 3.96. The van der Waals surface area contributed by atoms with Gasteiger partial charge in [0.2, 0.25) is 4.80 Å². The van der Waals surface area contributed by atoms with Gasteiger partial charge in [-0.05, 0) is 66.3 Å². The average Bonchev–Trinajstić information content (AvgIpc) is 3.15. The molecule has 1 fully saturated rings. The number of quaternary nitrogens is 1. The average molecular weight is 537 g/mol. The first-order chi connectivity index (χ1) is 16.6. The van der Waals surface area contributed by atoms with Crippen molar-refractivity contribution in [3.05, 3.63) is 57.3 Å².